The predicted octanol–water partition coefficient (Wildman–Crippen LogP) is 3.80. The lowest BCUT2D eigenvalue weighted by Crippen LogP contribution is -2.88. The van der Waals surface area contributed by atoms with E-state index >= 15 is 0 Å². The van der Waals surface area contributed by atoms with Crippen molar-refractivity contribution in [1.82, 2.24) is 0 Å². The Kier molecular flexibility index (Phi) is 6.43. The molecule has 0 atom stereocenters. The van der Waals surface area contributed by atoms with E-state index in [2.05, 4.69) is 99.9 Å². The van der Waals surface area contributed by atoms with Gasteiger partial charge in [0, 0.05) is 29.0 Å². The molecule has 122 valence electrons. The highest BCUT2D eigenvalue weighted by Gasteiger charge is 2.47. The van der Waals surface area contributed by atoms with E-state index in [1.807, 2.05) is 6.07 Å². The van der Waals surface area contributed by atoms with E-state index in [4.69, 9.17) is 4.74 Å². The Hall–Kier alpha value is 0.840. The molecule has 1 aromatic rings. The molecular formula is C16H21I3NO2+. The minimum atomic E-state index is -0.366. The normalized spacial score (nSPS) is 18.1. The third kappa shape index (κ3) is 4.08. The van der Waals surface area contributed by atoms with E-state index in [-0.39, 0.29) is 17.0 Å². The third-order valence-electron chi connectivity index (χ3n) is 4.37. The van der Waals surface area contributed by atoms with Crippen LogP contribution in [0.2, 0.25) is 0 Å². The van der Waals surface area contributed by atoms with Crippen molar-refractivity contribution in [2.75, 3.05) is 13.1 Å². The number of hydrogen-bond acceptors (Lipinski definition) is 2. The molecule has 1 saturated heterocycles. The molecule has 0 bridgehead atoms. The molecule has 1 aromatic carbocycles. The number of nitrogens with two attached hydrogens (primary N) is 1. The third-order valence-corrected chi connectivity index (χ3v) is 8.04. The van der Waals surface area contributed by atoms with Gasteiger partial charge in [-0.2, -0.15) is 0 Å². The van der Waals surface area contributed by atoms with E-state index < -0.39 is 0 Å². The Morgan fingerprint density at radius 3 is 2.32 bits per heavy atom. The minimum absolute atomic E-state index is 0.0581. The molecule has 0 aromatic heterocycles. The van der Waals surface area contributed by atoms with Crippen LogP contribution in [0.25, 0.3) is 0 Å². The first-order chi connectivity index (χ1) is 10.2. The zero-order valence-corrected chi connectivity index (χ0v) is 19.5. The molecule has 0 amide bonds. The molecule has 2 N–H and O–H groups in total. The summed E-state index contributed by atoms with van der Waals surface area (Å²) in [6, 6.07) is 4.01. The van der Waals surface area contributed by atoms with Crippen molar-refractivity contribution < 1.29 is 14.8 Å². The summed E-state index contributed by atoms with van der Waals surface area (Å²) in [5, 5.41) is 2.30. The number of piperidine rings is 1. The molecule has 2 rings (SSSR count). The number of benzene rings is 1. The van der Waals surface area contributed by atoms with Crippen molar-refractivity contribution in [2.45, 2.75) is 39.2 Å². The van der Waals surface area contributed by atoms with E-state index in [1.54, 1.807) is 0 Å². The summed E-state index contributed by atoms with van der Waals surface area (Å²) in [5.41, 5.74) is 0.265. The second-order valence-corrected chi connectivity index (χ2v) is 10.2. The van der Waals surface area contributed by atoms with Crippen molar-refractivity contribution >= 4 is 73.7 Å². The Bertz CT molecular complexity index is 575. The predicted molar refractivity (Wildman–Crippen MR) is 113 cm³/mol. The number of quaternary nitrogens is 1. The molecular weight excluding hydrogens is 619 g/mol. The second-order valence-electron chi connectivity index (χ2n) is 6.75. The molecule has 0 saturated carbocycles. The fraction of sp³-hybridized carbons (Fsp3) is 0.562. The fourth-order valence-electron chi connectivity index (χ4n) is 2.88. The maximum absolute atomic E-state index is 12.8. The van der Waals surface area contributed by atoms with Gasteiger partial charge in [-0.25, -0.2) is 4.79 Å². The maximum Gasteiger partial charge on any atom is 0.339 e. The van der Waals surface area contributed by atoms with Gasteiger partial charge in [0.25, 0.3) is 0 Å². The van der Waals surface area contributed by atoms with Crippen molar-refractivity contribution in [3.63, 3.8) is 0 Å². The molecule has 1 heterocycles. The Morgan fingerprint density at radius 2 is 1.77 bits per heavy atom. The molecule has 0 unspecified atom stereocenters. The Balaban J connectivity index is 2.33. The van der Waals surface area contributed by atoms with Crippen LogP contribution in [0.1, 0.15) is 44.0 Å². The number of carbonyl (C=O) groups excluding carboxylic acids is 1. The highest BCUT2D eigenvalue weighted by molar-refractivity contribution is 14.1. The van der Waals surface area contributed by atoms with Crippen LogP contribution in [0.4, 0.5) is 0 Å². The Morgan fingerprint density at radius 1 is 1.18 bits per heavy atom. The lowest BCUT2D eigenvalue weighted by atomic mass is 9.71. The molecule has 0 radical (unpaired) electrons. The first-order valence-corrected chi connectivity index (χ1v) is 10.6. The summed E-state index contributed by atoms with van der Waals surface area (Å²) in [4.78, 5) is 12.8. The van der Waals surface area contributed by atoms with Crippen LogP contribution in [0.5, 0.6) is 0 Å². The van der Waals surface area contributed by atoms with E-state index in [9.17, 15) is 4.79 Å². The van der Waals surface area contributed by atoms with Gasteiger partial charge in [-0.3, -0.25) is 0 Å². The lowest BCUT2D eigenvalue weighted by molar-refractivity contribution is -0.669. The monoisotopic (exact) mass is 640 g/mol. The maximum atomic E-state index is 12.8. The summed E-state index contributed by atoms with van der Waals surface area (Å²) < 4.78 is 9.29. The van der Waals surface area contributed by atoms with E-state index in [0.29, 0.717) is 5.56 Å². The quantitative estimate of drug-likeness (QED) is 0.304. The lowest BCUT2D eigenvalue weighted by Gasteiger charge is -2.45. The summed E-state index contributed by atoms with van der Waals surface area (Å²) in [5.74, 6) is -0.183. The summed E-state index contributed by atoms with van der Waals surface area (Å²) in [7, 11) is 0. The molecule has 1 aliphatic heterocycles. The first kappa shape index (κ1) is 19.2. The van der Waals surface area contributed by atoms with Gasteiger partial charge in [-0.1, -0.05) is 20.8 Å². The molecule has 3 nitrogen and oxygen atoms in total. The van der Waals surface area contributed by atoms with Crippen LogP contribution in [0.3, 0.4) is 0 Å². The highest BCUT2D eigenvalue weighted by atomic mass is 127. The fourth-order valence-corrected chi connectivity index (χ4v) is 5.26. The first-order valence-electron chi connectivity index (χ1n) is 7.36. The van der Waals surface area contributed by atoms with Crippen molar-refractivity contribution in [2.24, 2.45) is 5.41 Å². The molecule has 0 spiro atoms. The average molecular weight is 640 g/mol. The molecule has 1 fully saturated rings. The molecule has 1 aliphatic rings. The van der Waals surface area contributed by atoms with Gasteiger partial charge in [0.2, 0.25) is 0 Å². The van der Waals surface area contributed by atoms with Gasteiger partial charge < -0.3 is 10.1 Å². The largest absolute Gasteiger partial charge is 0.454 e. The SMILES string of the molecule is CC(C)(C)C1(OC(=O)c2cc(I)cc(I)c2I)CC[NH2+]CC1. The van der Waals surface area contributed by atoms with Crippen LogP contribution in [0.15, 0.2) is 12.1 Å². The van der Waals surface area contributed by atoms with Crippen LogP contribution < -0.4 is 5.32 Å². The van der Waals surface area contributed by atoms with Crippen molar-refractivity contribution in [3.8, 4) is 0 Å². The number of hydrogen-bond donors (Lipinski definition) is 1. The van der Waals surface area contributed by atoms with Crippen LogP contribution in [-0.2, 0) is 4.74 Å². The second kappa shape index (κ2) is 7.38. The number of ether oxygens (including phenoxy) is 1. The zero-order valence-electron chi connectivity index (χ0n) is 13.0. The van der Waals surface area contributed by atoms with Crippen LogP contribution >= 0.6 is 67.8 Å². The van der Waals surface area contributed by atoms with Gasteiger partial charge >= 0.3 is 5.97 Å². The average Bonchev–Trinajstić information content (AvgIpc) is 2.42. The smallest absolute Gasteiger partial charge is 0.339 e. The number of esters is 1. The summed E-state index contributed by atoms with van der Waals surface area (Å²) in [6.45, 7) is 8.57. The van der Waals surface area contributed by atoms with Gasteiger partial charge in [0.05, 0.1) is 18.7 Å². The summed E-state index contributed by atoms with van der Waals surface area (Å²) in [6.07, 6.45) is 1.83. The van der Waals surface area contributed by atoms with Crippen LogP contribution in [0, 0.1) is 16.1 Å². The zero-order chi connectivity index (χ0) is 16.5. The van der Waals surface area contributed by atoms with Gasteiger partial charge in [0.15, 0.2) is 0 Å². The molecule has 6 heteroatoms. The minimum Gasteiger partial charge on any atom is -0.454 e. The van der Waals surface area contributed by atoms with E-state index in [0.717, 1.165) is 36.6 Å². The molecule has 0 aliphatic carbocycles. The van der Waals surface area contributed by atoms with Crippen molar-refractivity contribution in [1.29, 1.82) is 0 Å². The van der Waals surface area contributed by atoms with Gasteiger partial charge in [-0.15, -0.1) is 0 Å². The number of rotatable bonds is 2. The van der Waals surface area contributed by atoms with E-state index in [1.165, 1.54) is 0 Å². The standard InChI is InChI=1S/C16H20I3NO2/c1-15(2,3)16(4-6-20-7-5-16)22-14(21)11-8-10(17)9-12(18)13(11)19/h8-9,20H,4-7H2,1-3H3/p+1. The number of carbonyl (C=O) groups is 1. The Labute approximate surface area is 173 Å². The summed E-state index contributed by atoms with van der Waals surface area (Å²) >= 11 is 6.76. The van der Waals surface area contributed by atoms with Crippen LogP contribution in [-0.4, -0.2) is 24.7 Å². The van der Waals surface area contributed by atoms with Crippen molar-refractivity contribution in [3.05, 3.63) is 28.4 Å². The molecule has 22 heavy (non-hydrogen) atoms. The van der Waals surface area contributed by atoms with Gasteiger partial charge in [0.1, 0.15) is 5.60 Å². The highest BCUT2D eigenvalue weighted by Crippen LogP contribution is 2.40. The topological polar surface area (TPSA) is 42.9 Å². The number of halogens is 3. The van der Waals surface area contributed by atoms with Gasteiger partial charge in [-0.05, 0) is 79.9 Å².